The van der Waals surface area contributed by atoms with Crippen LogP contribution in [-0.2, 0) is 4.79 Å². The van der Waals surface area contributed by atoms with E-state index in [1.54, 1.807) is 0 Å². The van der Waals surface area contributed by atoms with Gasteiger partial charge in [0.05, 0.1) is 16.6 Å². The molecule has 0 bridgehead atoms. The first-order valence-corrected chi connectivity index (χ1v) is 6.19. The fourth-order valence-corrected chi connectivity index (χ4v) is 1.71. The van der Waals surface area contributed by atoms with Gasteiger partial charge >= 0.3 is 5.97 Å². The Morgan fingerprint density at radius 1 is 1.40 bits per heavy atom. The summed E-state index contributed by atoms with van der Waals surface area (Å²) in [6.07, 6.45) is 2.15. The topological polar surface area (TPSA) is 116 Å². The molecule has 0 aromatic heterocycles. The second-order valence-electron chi connectivity index (χ2n) is 4.23. The van der Waals surface area contributed by atoms with E-state index in [2.05, 4.69) is 5.32 Å². The number of hydrogen-bond donors (Lipinski definition) is 2. The number of anilines is 1. The molecule has 1 rings (SSSR count). The maximum absolute atomic E-state index is 10.8. The highest BCUT2D eigenvalue weighted by atomic mass is 16.6. The van der Waals surface area contributed by atoms with E-state index in [9.17, 15) is 14.9 Å². The van der Waals surface area contributed by atoms with Crippen LogP contribution in [0, 0.1) is 21.4 Å². The van der Waals surface area contributed by atoms with Crippen LogP contribution in [0.1, 0.15) is 31.2 Å². The van der Waals surface area contributed by atoms with Gasteiger partial charge in [-0.3, -0.25) is 14.9 Å². The lowest BCUT2D eigenvalue weighted by molar-refractivity contribution is -0.384. The lowest BCUT2D eigenvalue weighted by Gasteiger charge is -2.07. The Labute approximate surface area is 116 Å². The molecule has 0 aliphatic rings. The van der Waals surface area contributed by atoms with Gasteiger partial charge in [0, 0.05) is 19.0 Å². The molecule has 0 heterocycles. The van der Waals surface area contributed by atoms with E-state index in [-0.39, 0.29) is 12.1 Å². The number of nitro groups is 1. The minimum Gasteiger partial charge on any atom is -0.481 e. The Morgan fingerprint density at radius 2 is 2.15 bits per heavy atom. The summed E-state index contributed by atoms with van der Waals surface area (Å²) in [5.41, 5.74) is 0.589. The number of aliphatic carboxylic acids is 1. The minimum atomic E-state index is -0.824. The average molecular weight is 277 g/mol. The summed E-state index contributed by atoms with van der Waals surface area (Å²) in [4.78, 5) is 20.7. The summed E-state index contributed by atoms with van der Waals surface area (Å²) in [6.45, 7) is 0.495. The van der Waals surface area contributed by atoms with E-state index < -0.39 is 10.9 Å². The Kier molecular flexibility index (Phi) is 5.97. The summed E-state index contributed by atoms with van der Waals surface area (Å²) in [6, 6.07) is 6.06. The van der Waals surface area contributed by atoms with E-state index in [4.69, 9.17) is 10.4 Å². The second-order valence-corrected chi connectivity index (χ2v) is 4.23. The van der Waals surface area contributed by atoms with Crippen LogP contribution in [-0.4, -0.2) is 22.5 Å². The lowest BCUT2D eigenvalue weighted by atomic mass is 10.1. The van der Waals surface area contributed by atoms with Gasteiger partial charge in [0.2, 0.25) is 0 Å². The standard InChI is InChI=1S/C13H15N3O4/c14-9-10-5-6-12(16(19)20)11(8-10)15-7-3-1-2-4-13(17)18/h5-6,8,15H,1-4,7H2,(H,17,18). The quantitative estimate of drug-likeness (QED) is 0.428. The molecule has 7 heteroatoms. The van der Waals surface area contributed by atoms with Crippen LogP contribution in [0.3, 0.4) is 0 Å². The smallest absolute Gasteiger partial charge is 0.303 e. The van der Waals surface area contributed by atoms with Crippen LogP contribution >= 0.6 is 0 Å². The van der Waals surface area contributed by atoms with Crippen molar-refractivity contribution in [2.24, 2.45) is 0 Å². The van der Waals surface area contributed by atoms with Gasteiger partial charge in [-0.05, 0) is 25.0 Å². The Bertz CT molecular complexity index is 537. The van der Waals surface area contributed by atoms with E-state index in [1.807, 2.05) is 6.07 Å². The molecule has 106 valence electrons. The van der Waals surface area contributed by atoms with Gasteiger partial charge in [-0.1, -0.05) is 6.42 Å². The number of carboxylic acids is 1. The predicted molar refractivity (Wildman–Crippen MR) is 72.4 cm³/mol. The number of nitrogens with one attached hydrogen (secondary N) is 1. The third-order valence-electron chi connectivity index (χ3n) is 2.71. The van der Waals surface area contributed by atoms with Gasteiger partial charge in [0.15, 0.2) is 0 Å². The van der Waals surface area contributed by atoms with E-state index >= 15 is 0 Å². The zero-order chi connectivity index (χ0) is 15.0. The van der Waals surface area contributed by atoms with E-state index in [1.165, 1.54) is 18.2 Å². The van der Waals surface area contributed by atoms with Crippen LogP contribution < -0.4 is 5.32 Å². The molecule has 0 aliphatic carbocycles. The number of nitriles is 1. The first kappa shape index (κ1) is 15.4. The van der Waals surface area contributed by atoms with Crippen molar-refractivity contribution in [3.63, 3.8) is 0 Å². The number of unbranched alkanes of at least 4 members (excludes halogenated alkanes) is 2. The molecule has 0 unspecified atom stereocenters. The van der Waals surface area contributed by atoms with Crippen molar-refractivity contribution in [2.45, 2.75) is 25.7 Å². The molecule has 0 spiro atoms. The molecule has 0 radical (unpaired) electrons. The molecule has 1 aromatic carbocycles. The summed E-state index contributed by atoms with van der Waals surface area (Å²) in [7, 11) is 0. The van der Waals surface area contributed by atoms with Crippen LogP contribution in [0.4, 0.5) is 11.4 Å². The van der Waals surface area contributed by atoms with Gasteiger partial charge in [-0.2, -0.15) is 5.26 Å². The zero-order valence-corrected chi connectivity index (χ0v) is 10.8. The molecule has 0 amide bonds. The van der Waals surface area contributed by atoms with Crippen molar-refractivity contribution in [2.75, 3.05) is 11.9 Å². The molecule has 0 saturated heterocycles. The molecular weight excluding hydrogens is 262 g/mol. The number of carboxylic acid groups (broad SMARTS) is 1. The highest BCUT2D eigenvalue weighted by Crippen LogP contribution is 2.25. The van der Waals surface area contributed by atoms with Crippen LogP contribution in [0.25, 0.3) is 0 Å². The van der Waals surface area contributed by atoms with E-state index in [0.29, 0.717) is 30.6 Å². The Hall–Kier alpha value is -2.62. The fourth-order valence-electron chi connectivity index (χ4n) is 1.71. The van der Waals surface area contributed by atoms with Crippen molar-refractivity contribution < 1.29 is 14.8 Å². The second kappa shape index (κ2) is 7.74. The third-order valence-corrected chi connectivity index (χ3v) is 2.71. The van der Waals surface area contributed by atoms with E-state index in [0.717, 1.165) is 6.42 Å². The summed E-state index contributed by atoms with van der Waals surface area (Å²) < 4.78 is 0. The number of rotatable bonds is 8. The summed E-state index contributed by atoms with van der Waals surface area (Å²) in [5.74, 6) is -0.824. The molecule has 7 nitrogen and oxygen atoms in total. The van der Waals surface area contributed by atoms with Crippen molar-refractivity contribution >= 4 is 17.3 Å². The van der Waals surface area contributed by atoms with Crippen molar-refractivity contribution in [3.05, 3.63) is 33.9 Å². The highest BCUT2D eigenvalue weighted by molar-refractivity contribution is 5.66. The first-order chi connectivity index (χ1) is 9.54. The number of carbonyl (C=O) groups is 1. The van der Waals surface area contributed by atoms with Crippen LogP contribution in [0.15, 0.2) is 18.2 Å². The van der Waals surface area contributed by atoms with Gasteiger partial charge in [-0.15, -0.1) is 0 Å². The van der Waals surface area contributed by atoms with Gasteiger partial charge in [0.1, 0.15) is 5.69 Å². The van der Waals surface area contributed by atoms with Gasteiger partial charge in [-0.25, -0.2) is 0 Å². The normalized spacial score (nSPS) is 9.75. The highest BCUT2D eigenvalue weighted by Gasteiger charge is 2.13. The summed E-state index contributed by atoms with van der Waals surface area (Å²) >= 11 is 0. The maximum atomic E-state index is 10.8. The number of benzene rings is 1. The largest absolute Gasteiger partial charge is 0.481 e. The molecule has 0 saturated carbocycles. The zero-order valence-electron chi connectivity index (χ0n) is 10.8. The first-order valence-electron chi connectivity index (χ1n) is 6.19. The Morgan fingerprint density at radius 3 is 2.75 bits per heavy atom. The fraction of sp³-hybridized carbons (Fsp3) is 0.385. The minimum absolute atomic E-state index is 0.0745. The van der Waals surface area contributed by atoms with Crippen LogP contribution in [0.5, 0.6) is 0 Å². The SMILES string of the molecule is N#Cc1ccc([N+](=O)[O-])c(NCCCCCC(=O)O)c1. The monoisotopic (exact) mass is 277 g/mol. The third kappa shape index (κ3) is 4.94. The van der Waals surface area contributed by atoms with Gasteiger partial charge < -0.3 is 10.4 Å². The summed E-state index contributed by atoms with van der Waals surface area (Å²) in [5, 5.41) is 31.0. The maximum Gasteiger partial charge on any atom is 0.303 e. The molecule has 20 heavy (non-hydrogen) atoms. The van der Waals surface area contributed by atoms with Crippen molar-refractivity contribution in [1.82, 2.24) is 0 Å². The van der Waals surface area contributed by atoms with Crippen molar-refractivity contribution in [3.8, 4) is 6.07 Å². The molecule has 0 fully saturated rings. The molecule has 1 aromatic rings. The van der Waals surface area contributed by atoms with Gasteiger partial charge in [0.25, 0.3) is 5.69 Å². The molecule has 0 atom stereocenters. The number of nitro benzene ring substituents is 1. The van der Waals surface area contributed by atoms with Crippen LogP contribution in [0.2, 0.25) is 0 Å². The lowest BCUT2D eigenvalue weighted by Crippen LogP contribution is -2.05. The average Bonchev–Trinajstić information content (AvgIpc) is 2.41. The molecule has 2 N–H and O–H groups in total. The number of hydrogen-bond acceptors (Lipinski definition) is 5. The molecule has 0 aliphatic heterocycles. The molecular formula is C13H15N3O4. The van der Waals surface area contributed by atoms with Crippen molar-refractivity contribution in [1.29, 1.82) is 5.26 Å². The Balaban J connectivity index is 2.52. The predicted octanol–water partition coefficient (Wildman–Crippen LogP) is 2.52. The number of nitrogens with zero attached hydrogens (tertiary/aromatic N) is 2.